The van der Waals surface area contributed by atoms with Crippen LogP contribution in [0.25, 0.3) is 0 Å². The van der Waals surface area contributed by atoms with Gasteiger partial charge in [0.25, 0.3) is 0 Å². The summed E-state index contributed by atoms with van der Waals surface area (Å²) in [7, 11) is 0. The summed E-state index contributed by atoms with van der Waals surface area (Å²) in [5.41, 5.74) is 2.27. The molecule has 2 fully saturated rings. The molecule has 1 aliphatic carbocycles. The van der Waals surface area contributed by atoms with E-state index in [0.29, 0.717) is 12.6 Å². The van der Waals surface area contributed by atoms with Crippen molar-refractivity contribution in [1.29, 1.82) is 0 Å². The number of hydrogen-bond acceptors (Lipinski definition) is 5. The summed E-state index contributed by atoms with van der Waals surface area (Å²) in [6, 6.07) is 14.1. The molecule has 188 valence electrons. The third-order valence-electron chi connectivity index (χ3n) is 7.55. The van der Waals surface area contributed by atoms with Crippen LogP contribution in [-0.4, -0.2) is 49.3 Å². The number of fused-ring (bicyclic) bond motifs is 1. The number of hydrogen-bond donors (Lipinski definition) is 2. The van der Waals surface area contributed by atoms with Gasteiger partial charge in [0.15, 0.2) is 11.5 Å². The van der Waals surface area contributed by atoms with E-state index in [-0.39, 0.29) is 18.7 Å². The fourth-order valence-corrected chi connectivity index (χ4v) is 5.85. The molecule has 1 saturated heterocycles. The van der Waals surface area contributed by atoms with E-state index in [0.717, 1.165) is 66.0 Å². The highest BCUT2D eigenvalue weighted by Gasteiger charge is 2.36. The van der Waals surface area contributed by atoms with Crippen LogP contribution in [0.5, 0.6) is 11.5 Å². The lowest BCUT2D eigenvalue weighted by Gasteiger charge is -2.24. The molecule has 5 rings (SSSR count). The molecule has 2 aliphatic heterocycles. The minimum atomic E-state index is -0.144. The smallest absolute Gasteiger partial charge is 0.237 e. The second-order valence-electron chi connectivity index (χ2n) is 10.1. The molecule has 7 heteroatoms. The highest BCUT2D eigenvalue weighted by atomic mass is 35.5. The molecule has 0 spiro atoms. The maximum Gasteiger partial charge on any atom is 0.237 e. The zero-order chi connectivity index (χ0) is 24.0. The standard InChI is InChI=1S/C28H36ClN3O3/c29-23-8-4-7-22(13-23)17-32-18-24(31-16-21-5-2-1-3-6-21)15-25(32)28(33)30-12-11-20-9-10-26-27(14-20)35-19-34-26/h4,7-10,13-14,21,24-25,31H,1-3,5-6,11-12,15-19H2,(H,30,33)/t24-,25+/m1/s1. The maximum absolute atomic E-state index is 13.3. The van der Waals surface area contributed by atoms with Crippen LogP contribution < -0.4 is 20.1 Å². The molecule has 2 aromatic carbocycles. The summed E-state index contributed by atoms with van der Waals surface area (Å²) in [5, 5.41) is 7.72. The normalized spacial score (nSPS) is 22.4. The van der Waals surface area contributed by atoms with Crippen LogP contribution in [-0.2, 0) is 17.8 Å². The highest BCUT2D eigenvalue weighted by molar-refractivity contribution is 6.30. The first-order valence-electron chi connectivity index (χ1n) is 13.0. The second-order valence-corrected chi connectivity index (χ2v) is 10.6. The molecule has 2 N–H and O–H groups in total. The molecule has 2 aromatic rings. The number of halogens is 1. The third kappa shape index (κ3) is 6.49. The minimum absolute atomic E-state index is 0.106. The van der Waals surface area contributed by atoms with Crippen molar-refractivity contribution >= 4 is 17.5 Å². The average molecular weight is 498 g/mol. The van der Waals surface area contributed by atoms with Crippen molar-refractivity contribution in [2.75, 3.05) is 26.4 Å². The van der Waals surface area contributed by atoms with E-state index in [1.807, 2.05) is 36.4 Å². The van der Waals surface area contributed by atoms with E-state index in [2.05, 4.69) is 21.6 Å². The van der Waals surface area contributed by atoms with E-state index >= 15 is 0 Å². The Labute approximate surface area is 213 Å². The first kappa shape index (κ1) is 24.4. The molecular weight excluding hydrogens is 462 g/mol. The van der Waals surface area contributed by atoms with Crippen molar-refractivity contribution in [2.24, 2.45) is 5.92 Å². The predicted octanol–water partition coefficient (Wildman–Crippen LogP) is 4.54. The number of nitrogens with zero attached hydrogens (tertiary/aromatic N) is 1. The van der Waals surface area contributed by atoms with Crippen molar-refractivity contribution in [3.05, 3.63) is 58.6 Å². The predicted molar refractivity (Wildman–Crippen MR) is 138 cm³/mol. The van der Waals surface area contributed by atoms with Gasteiger partial charge in [0.2, 0.25) is 12.7 Å². The lowest BCUT2D eigenvalue weighted by Crippen LogP contribution is -2.43. The molecule has 2 atom stereocenters. The van der Waals surface area contributed by atoms with Crippen LogP contribution in [0.3, 0.4) is 0 Å². The molecule has 0 unspecified atom stereocenters. The summed E-state index contributed by atoms with van der Waals surface area (Å²) in [6.07, 6.45) is 8.34. The Bertz CT molecular complexity index is 1010. The van der Waals surface area contributed by atoms with Crippen molar-refractivity contribution < 1.29 is 14.3 Å². The Morgan fingerprint density at radius 1 is 1.03 bits per heavy atom. The van der Waals surface area contributed by atoms with E-state index in [9.17, 15) is 4.79 Å². The van der Waals surface area contributed by atoms with Crippen molar-refractivity contribution in [3.63, 3.8) is 0 Å². The minimum Gasteiger partial charge on any atom is -0.454 e. The molecule has 1 saturated carbocycles. The van der Waals surface area contributed by atoms with Gasteiger partial charge in [0.1, 0.15) is 0 Å². The maximum atomic E-state index is 13.3. The third-order valence-corrected chi connectivity index (χ3v) is 7.79. The Morgan fingerprint density at radius 2 is 1.89 bits per heavy atom. The number of carbonyl (C=O) groups excluding carboxylic acids is 1. The molecule has 0 aromatic heterocycles. The monoisotopic (exact) mass is 497 g/mol. The van der Waals surface area contributed by atoms with Crippen molar-refractivity contribution in [2.45, 2.75) is 63.6 Å². The Kier molecular flexibility index (Phi) is 8.12. The lowest BCUT2D eigenvalue weighted by molar-refractivity contribution is -0.125. The van der Waals surface area contributed by atoms with Gasteiger partial charge in [0, 0.05) is 30.7 Å². The van der Waals surface area contributed by atoms with Gasteiger partial charge < -0.3 is 20.1 Å². The van der Waals surface area contributed by atoms with Gasteiger partial charge in [0.05, 0.1) is 6.04 Å². The summed E-state index contributed by atoms with van der Waals surface area (Å²) in [4.78, 5) is 15.6. The Balaban J connectivity index is 1.18. The second kappa shape index (κ2) is 11.6. The molecule has 3 aliphatic rings. The largest absolute Gasteiger partial charge is 0.454 e. The van der Waals surface area contributed by atoms with Crippen LogP contribution in [0, 0.1) is 5.92 Å². The number of nitrogens with one attached hydrogen (secondary N) is 2. The van der Waals surface area contributed by atoms with Gasteiger partial charge >= 0.3 is 0 Å². The molecule has 6 nitrogen and oxygen atoms in total. The number of benzene rings is 2. The molecule has 35 heavy (non-hydrogen) atoms. The van der Waals surface area contributed by atoms with Crippen LogP contribution >= 0.6 is 11.6 Å². The van der Waals surface area contributed by atoms with E-state index in [1.165, 1.54) is 32.1 Å². The quantitative estimate of drug-likeness (QED) is 0.532. The first-order chi connectivity index (χ1) is 17.1. The van der Waals surface area contributed by atoms with Crippen LogP contribution in [0.1, 0.15) is 49.7 Å². The number of likely N-dealkylation sites (tertiary alicyclic amines) is 1. The molecular formula is C28H36ClN3O3. The summed E-state index contributed by atoms with van der Waals surface area (Å²) >= 11 is 6.23. The SMILES string of the molecule is O=C(NCCc1ccc2c(c1)OCO2)[C@@H]1C[C@@H](NCC2CCCCC2)CN1Cc1cccc(Cl)c1. The van der Waals surface area contributed by atoms with Gasteiger partial charge in [-0.2, -0.15) is 0 Å². The molecule has 2 heterocycles. The summed E-state index contributed by atoms with van der Waals surface area (Å²) in [6.45, 7) is 3.53. The summed E-state index contributed by atoms with van der Waals surface area (Å²) in [5.74, 6) is 2.45. The van der Waals surface area contributed by atoms with E-state index in [1.54, 1.807) is 0 Å². The fourth-order valence-electron chi connectivity index (χ4n) is 5.64. The average Bonchev–Trinajstić information content (AvgIpc) is 3.50. The van der Waals surface area contributed by atoms with Crippen molar-refractivity contribution in [3.8, 4) is 11.5 Å². The van der Waals surface area contributed by atoms with E-state index < -0.39 is 0 Å². The zero-order valence-corrected chi connectivity index (χ0v) is 21.1. The van der Waals surface area contributed by atoms with Gasteiger partial charge in [-0.3, -0.25) is 9.69 Å². The molecule has 0 radical (unpaired) electrons. The number of rotatable bonds is 9. The molecule has 0 bridgehead atoms. The van der Waals surface area contributed by atoms with E-state index in [4.69, 9.17) is 21.1 Å². The summed E-state index contributed by atoms with van der Waals surface area (Å²) < 4.78 is 10.9. The van der Waals surface area contributed by atoms with Gasteiger partial charge in [-0.15, -0.1) is 0 Å². The highest BCUT2D eigenvalue weighted by Crippen LogP contribution is 2.32. The first-order valence-corrected chi connectivity index (χ1v) is 13.4. The van der Waals surface area contributed by atoms with Crippen LogP contribution in [0.4, 0.5) is 0 Å². The van der Waals surface area contributed by atoms with Crippen LogP contribution in [0.15, 0.2) is 42.5 Å². The zero-order valence-electron chi connectivity index (χ0n) is 20.3. The number of amides is 1. The Hall–Kier alpha value is -2.28. The fraction of sp³-hybridized carbons (Fsp3) is 0.536. The van der Waals surface area contributed by atoms with Crippen LogP contribution in [0.2, 0.25) is 5.02 Å². The van der Waals surface area contributed by atoms with Gasteiger partial charge in [-0.1, -0.05) is 49.1 Å². The number of ether oxygens (including phenoxy) is 2. The van der Waals surface area contributed by atoms with Gasteiger partial charge in [-0.05, 0) is 73.5 Å². The number of carbonyl (C=O) groups is 1. The lowest BCUT2D eigenvalue weighted by atomic mass is 9.89. The van der Waals surface area contributed by atoms with Gasteiger partial charge in [-0.25, -0.2) is 0 Å². The molecule has 1 amide bonds. The Morgan fingerprint density at radius 3 is 2.74 bits per heavy atom. The topological polar surface area (TPSA) is 62.8 Å². The van der Waals surface area contributed by atoms with Crippen molar-refractivity contribution in [1.82, 2.24) is 15.5 Å².